The molecule has 0 radical (unpaired) electrons. The van der Waals surface area contributed by atoms with Gasteiger partial charge in [-0.2, -0.15) is 0 Å². The number of carbonyl (C=O) groups is 2. The fourth-order valence-electron chi connectivity index (χ4n) is 3.37. The maximum absolute atomic E-state index is 12.8. The molecule has 1 heterocycles. The first kappa shape index (κ1) is 22.1. The Hall–Kier alpha value is -3.61. The minimum absolute atomic E-state index is 0. The van der Waals surface area contributed by atoms with E-state index in [0.29, 0.717) is 12.1 Å². The van der Waals surface area contributed by atoms with Crippen molar-refractivity contribution in [3.05, 3.63) is 95.6 Å². The normalized spacial score (nSPS) is 13.5. The van der Waals surface area contributed by atoms with Gasteiger partial charge in [0.25, 0.3) is 5.91 Å². The maximum atomic E-state index is 12.8. The second-order valence-corrected chi connectivity index (χ2v) is 6.92. The van der Waals surface area contributed by atoms with Gasteiger partial charge >= 0.3 is 0 Å². The first-order chi connectivity index (χ1) is 14.7. The van der Waals surface area contributed by atoms with Gasteiger partial charge in [0.05, 0.1) is 17.8 Å². The van der Waals surface area contributed by atoms with Crippen molar-refractivity contribution in [1.29, 1.82) is 0 Å². The number of hydrogen-bond acceptors (Lipinski definition) is 4. The van der Waals surface area contributed by atoms with Crippen molar-refractivity contribution in [2.75, 3.05) is 17.2 Å². The SMILES string of the molecule is Cl.NCC(=O)NCc1ccc(NC(=C2C(=O)Nc3ccccc32)c2ccccc2)cc1. The van der Waals surface area contributed by atoms with E-state index in [4.69, 9.17) is 5.73 Å². The van der Waals surface area contributed by atoms with Gasteiger partial charge in [-0.1, -0.05) is 60.7 Å². The molecule has 3 aromatic rings. The van der Waals surface area contributed by atoms with Gasteiger partial charge in [-0.25, -0.2) is 0 Å². The highest BCUT2D eigenvalue weighted by Gasteiger charge is 2.27. The predicted octanol–water partition coefficient (Wildman–Crippen LogP) is 3.62. The fraction of sp³-hybridized carbons (Fsp3) is 0.0833. The smallest absolute Gasteiger partial charge is 0.258 e. The Morgan fingerprint density at radius 1 is 0.903 bits per heavy atom. The van der Waals surface area contributed by atoms with Crippen LogP contribution in [0.3, 0.4) is 0 Å². The molecular weight excluding hydrogens is 412 g/mol. The van der Waals surface area contributed by atoms with E-state index in [1.807, 2.05) is 78.9 Å². The van der Waals surface area contributed by atoms with Crippen LogP contribution in [0.1, 0.15) is 16.7 Å². The summed E-state index contributed by atoms with van der Waals surface area (Å²) in [6, 6.07) is 25.1. The van der Waals surface area contributed by atoms with Crippen LogP contribution in [0, 0.1) is 0 Å². The van der Waals surface area contributed by atoms with Gasteiger partial charge in [0.15, 0.2) is 0 Å². The van der Waals surface area contributed by atoms with E-state index in [-0.39, 0.29) is 30.8 Å². The number of para-hydroxylation sites is 1. The molecule has 0 aromatic heterocycles. The number of fused-ring (bicyclic) bond motifs is 1. The van der Waals surface area contributed by atoms with E-state index in [1.165, 1.54) is 0 Å². The van der Waals surface area contributed by atoms with Gasteiger partial charge in [0.1, 0.15) is 0 Å². The molecule has 0 saturated heterocycles. The summed E-state index contributed by atoms with van der Waals surface area (Å²) in [4.78, 5) is 24.1. The van der Waals surface area contributed by atoms with Crippen LogP contribution >= 0.6 is 12.4 Å². The lowest BCUT2D eigenvalue weighted by Gasteiger charge is -2.15. The molecule has 6 nitrogen and oxygen atoms in total. The van der Waals surface area contributed by atoms with Gasteiger partial charge in [0.2, 0.25) is 5.91 Å². The first-order valence-corrected chi connectivity index (χ1v) is 9.69. The van der Waals surface area contributed by atoms with Crippen molar-refractivity contribution in [1.82, 2.24) is 5.32 Å². The largest absolute Gasteiger partial charge is 0.354 e. The molecule has 0 aliphatic carbocycles. The Balaban J connectivity index is 0.00000272. The Bertz CT molecular complexity index is 1110. The van der Waals surface area contributed by atoms with Crippen LogP contribution in [0.25, 0.3) is 11.3 Å². The van der Waals surface area contributed by atoms with E-state index in [0.717, 1.165) is 33.8 Å². The molecule has 7 heteroatoms. The number of nitrogens with one attached hydrogen (secondary N) is 3. The Morgan fingerprint density at radius 2 is 1.58 bits per heavy atom. The molecule has 31 heavy (non-hydrogen) atoms. The summed E-state index contributed by atoms with van der Waals surface area (Å²) in [5.74, 6) is -0.331. The highest BCUT2D eigenvalue weighted by Crippen LogP contribution is 2.37. The molecule has 5 N–H and O–H groups in total. The summed E-state index contributed by atoms with van der Waals surface area (Å²) in [5, 5.41) is 9.11. The lowest BCUT2D eigenvalue weighted by Crippen LogP contribution is -2.29. The van der Waals surface area contributed by atoms with E-state index in [1.54, 1.807) is 0 Å². The van der Waals surface area contributed by atoms with E-state index in [9.17, 15) is 9.59 Å². The van der Waals surface area contributed by atoms with Gasteiger partial charge in [-0.3, -0.25) is 9.59 Å². The number of anilines is 2. The number of rotatable bonds is 6. The van der Waals surface area contributed by atoms with Crippen molar-refractivity contribution >= 4 is 46.9 Å². The second-order valence-electron chi connectivity index (χ2n) is 6.92. The van der Waals surface area contributed by atoms with E-state index >= 15 is 0 Å². The lowest BCUT2D eigenvalue weighted by atomic mass is 10.00. The molecule has 4 rings (SSSR count). The molecule has 0 saturated carbocycles. The quantitative estimate of drug-likeness (QED) is 0.445. The minimum Gasteiger partial charge on any atom is -0.354 e. The third-order valence-corrected chi connectivity index (χ3v) is 4.88. The Kier molecular flexibility index (Phi) is 7.07. The third kappa shape index (κ3) is 4.94. The average Bonchev–Trinajstić information content (AvgIpc) is 3.12. The summed E-state index contributed by atoms with van der Waals surface area (Å²) in [6.07, 6.45) is 0. The summed E-state index contributed by atoms with van der Waals surface area (Å²) in [5.41, 5.74) is 11.1. The lowest BCUT2D eigenvalue weighted by molar-refractivity contribution is -0.119. The van der Waals surface area contributed by atoms with Crippen molar-refractivity contribution < 1.29 is 9.59 Å². The number of amides is 2. The molecule has 0 unspecified atom stereocenters. The van der Waals surface area contributed by atoms with Crippen molar-refractivity contribution in [2.45, 2.75) is 6.54 Å². The van der Waals surface area contributed by atoms with Crippen molar-refractivity contribution in [2.24, 2.45) is 5.73 Å². The highest BCUT2D eigenvalue weighted by atomic mass is 35.5. The second kappa shape index (κ2) is 9.93. The van der Waals surface area contributed by atoms with Crippen LogP contribution < -0.4 is 21.7 Å². The Labute approximate surface area is 187 Å². The molecule has 0 bridgehead atoms. The predicted molar refractivity (Wildman–Crippen MR) is 127 cm³/mol. The maximum Gasteiger partial charge on any atom is 0.258 e. The van der Waals surface area contributed by atoms with Crippen LogP contribution in [-0.2, 0) is 16.1 Å². The Morgan fingerprint density at radius 3 is 2.29 bits per heavy atom. The van der Waals surface area contributed by atoms with Gasteiger partial charge in [-0.05, 0) is 29.3 Å². The zero-order valence-corrected chi connectivity index (χ0v) is 17.5. The number of hydrogen-bond donors (Lipinski definition) is 4. The number of benzene rings is 3. The van der Waals surface area contributed by atoms with Gasteiger partial charge < -0.3 is 21.7 Å². The van der Waals surface area contributed by atoms with E-state index in [2.05, 4.69) is 16.0 Å². The molecule has 0 fully saturated rings. The zero-order valence-electron chi connectivity index (χ0n) is 16.7. The van der Waals surface area contributed by atoms with Crippen LogP contribution in [0.2, 0.25) is 0 Å². The molecule has 1 aliphatic heterocycles. The molecular formula is C24H23ClN4O2. The first-order valence-electron chi connectivity index (χ1n) is 9.69. The minimum atomic E-state index is -0.195. The summed E-state index contributed by atoms with van der Waals surface area (Å²) < 4.78 is 0. The zero-order chi connectivity index (χ0) is 20.9. The number of carbonyl (C=O) groups excluding carboxylic acids is 2. The molecule has 3 aromatic carbocycles. The van der Waals surface area contributed by atoms with E-state index < -0.39 is 0 Å². The molecule has 0 atom stereocenters. The number of halogens is 1. The van der Waals surface area contributed by atoms with Crippen LogP contribution in [0.5, 0.6) is 0 Å². The van der Waals surface area contributed by atoms with Crippen LogP contribution in [0.15, 0.2) is 78.9 Å². The van der Waals surface area contributed by atoms with Crippen molar-refractivity contribution in [3.63, 3.8) is 0 Å². The monoisotopic (exact) mass is 434 g/mol. The third-order valence-electron chi connectivity index (χ3n) is 4.88. The summed E-state index contributed by atoms with van der Waals surface area (Å²) >= 11 is 0. The average molecular weight is 435 g/mol. The molecule has 158 valence electrons. The van der Waals surface area contributed by atoms with Crippen LogP contribution in [0.4, 0.5) is 11.4 Å². The topological polar surface area (TPSA) is 96.2 Å². The fourth-order valence-corrected chi connectivity index (χ4v) is 3.37. The molecule has 0 spiro atoms. The summed E-state index contributed by atoms with van der Waals surface area (Å²) in [7, 11) is 0. The van der Waals surface area contributed by atoms with Crippen LogP contribution in [-0.4, -0.2) is 18.4 Å². The highest BCUT2D eigenvalue weighted by molar-refractivity contribution is 6.37. The van der Waals surface area contributed by atoms with Crippen molar-refractivity contribution in [3.8, 4) is 0 Å². The standard InChI is InChI=1S/C24H22N4O2.ClH/c25-14-21(29)26-15-16-10-12-18(13-11-16)27-23(17-6-2-1-3-7-17)22-19-8-4-5-9-20(19)28-24(22)30;/h1-13,27H,14-15,25H2,(H,26,29)(H,28,30);1H. The number of nitrogens with two attached hydrogens (primary N) is 1. The van der Waals surface area contributed by atoms with Gasteiger partial charge in [-0.15, -0.1) is 12.4 Å². The molecule has 2 amide bonds. The van der Waals surface area contributed by atoms with Gasteiger partial charge in [0, 0.05) is 23.5 Å². The summed E-state index contributed by atoms with van der Waals surface area (Å²) in [6.45, 7) is 0.385. The molecule has 1 aliphatic rings.